The SMILES string of the molecule is COc1ccc(CCC2(C)NC(=O)N(CC(=O)Nc3ccc(N4CCCCCC4)cc3)C2=O)cc1. The first-order chi connectivity index (χ1) is 16.9. The van der Waals surface area contributed by atoms with Crippen LogP contribution in [0.25, 0.3) is 0 Å². The van der Waals surface area contributed by atoms with Gasteiger partial charge >= 0.3 is 6.03 Å². The van der Waals surface area contributed by atoms with Crippen LogP contribution >= 0.6 is 0 Å². The molecule has 2 aliphatic heterocycles. The normalized spacial score (nSPS) is 20.4. The molecule has 2 fully saturated rings. The summed E-state index contributed by atoms with van der Waals surface area (Å²) in [7, 11) is 1.61. The van der Waals surface area contributed by atoms with Crippen molar-refractivity contribution in [2.75, 3.05) is 37.0 Å². The number of benzene rings is 2. The number of amides is 4. The maximum absolute atomic E-state index is 13.0. The third kappa shape index (κ3) is 5.93. The maximum atomic E-state index is 13.0. The number of hydrogen-bond donors (Lipinski definition) is 2. The molecule has 8 heteroatoms. The number of rotatable bonds is 8. The van der Waals surface area contributed by atoms with Crippen LogP contribution in [0.4, 0.5) is 16.2 Å². The van der Waals surface area contributed by atoms with Gasteiger partial charge in [-0.05, 0) is 74.6 Å². The van der Waals surface area contributed by atoms with Crippen molar-refractivity contribution in [3.63, 3.8) is 0 Å². The Morgan fingerprint density at radius 1 is 1.00 bits per heavy atom. The van der Waals surface area contributed by atoms with E-state index in [9.17, 15) is 14.4 Å². The van der Waals surface area contributed by atoms with Gasteiger partial charge in [0.15, 0.2) is 0 Å². The molecule has 2 aliphatic rings. The van der Waals surface area contributed by atoms with Crippen molar-refractivity contribution in [2.24, 2.45) is 0 Å². The second-order valence-corrected chi connectivity index (χ2v) is 9.50. The molecule has 1 atom stereocenters. The fourth-order valence-corrected chi connectivity index (χ4v) is 4.68. The predicted octanol–water partition coefficient (Wildman–Crippen LogP) is 3.96. The van der Waals surface area contributed by atoms with Crippen molar-refractivity contribution in [1.82, 2.24) is 10.2 Å². The van der Waals surface area contributed by atoms with E-state index in [4.69, 9.17) is 4.74 Å². The summed E-state index contributed by atoms with van der Waals surface area (Å²) in [5.41, 5.74) is 1.77. The Hall–Kier alpha value is -3.55. The van der Waals surface area contributed by atoms with Crippen LogP contribution in [0, 0.1) is 0 Å². The van der Waals surface area contributed by atoms with Gasteiger partial charge in [0.05, 0.1) is 7.11 Å². The van der Waals surface area contributed by atoms with E-state index in [-0.39, 0.29) is 12.5 Å². The Balaban J connectivity index is 1.31. The number of imide groups is 1. The Bertz CT molecular complexity index is 1050. The molecule has 4 rings (SSSR count). The average Bonchev–Trinajstić information content (AvgIpc) is 3.05. The minimum absolute atomic E-state index is 0.323. The Morgan fingerprint density at radius 3 is 2.29 bits per heavy atom. The van der Waals surface area contributed by atoms with E-state index < -0.39 is 17.5 Å². The molecule has 2 aromatic rings. The summed E-state index contributed by atoms with van der Waals surface area (Å²) in [6.45, 7) is 3.48. The first-order valence-electron chi connectivity index (χ1n) is 12.3. The lowest BCUT2D eigenvalue weighted by Crippen LogP contribution is -2.45. The van der Waals surface area contributed by atoms with E-state index in [1.165, 1.54) is 25.7 Å². The van der Waals surface area contributed by atoms with Crippen LogP contribution in [0.3, 0.4) is 0 Å². The largest absolute Gasteiger partial charge is 0.497 e. The fraction of sp³-hybridized carbons (Fsp3) is 0.444. The topological polar surface area (TPSA) is 91.0 Å². The van der Waals surface area contributed by atoms with Crippen molar-refractivity contribution in [1.29, 1.82) is 0 Å². The number of nitrogens with zero attached hydrogens (tertiary/aromatic N) is 2. The number of methoxy groups -OCH3 is 1. The zero-order valence-electron chi connectivity index (χ0n) is 20.5. The first-order valence-corrected chi connectivity index (χ1v) is 12.3. The van der Waals surface area contributed by atoms with E-state index >= 15 is 0 Å². The van der Waals surface area contributed by atoms with Gasteiger partial charge in [0.2, 0.25) is 5.91 Å². The molecular formula is C27H34N4O4. The molecule has 0 aliphatic carbocycles. The number of anilines is 2. The van der Waals surface area contributed by atoms with Crippen LogP contribution in [0.1, 0.15) is 44.6 Å². The molecule has 2 saturated heterocycles. The summed E-state index contributed by atoms with van der Waals surface area (Å²) in [5.74, 6) is -0.0305. The first kappa shape index (κ1) is 24.6. The second kappa shape index (κ2) is 10.8. The van der Waals surface area contributed by atoms with Gasteiger partial charge in [-0.15, -0.1) is 0 Å². The second-order valence-electron chi connectivity index (χ2n) is 9.50. The number of hydrogen-bond acceptors (Lipinski definition) is 5. The lowest BCUT2D eigenvalue weighted by atomic mass is 9.93. The Morgan fingerprint density at radius 2 is 1.66 bits per heavy atom. The summed E-state index contributed by atoms with van der Waals surface area (Å²) in [5, 5.41) is 5.57. The molecule has 4 amide bonds. The van der Waals surface area contributed by atoms with Gasteiger partial charge in [0.25, 0.3) is 5.91 Å². The number of carbonyl (C=O) groups excluding carboxylic acids is 3. The van der Waals surface area contributed by atoms with Gasteiger partial charge in [0.1, 0.15) is 17.8 Å². The summed E-state index contributed by atoms with van der Waals surface area (Å²) < 4.78 is 5.17. The smallest absolute Gasteiger partial charge is 0.325 e. The number of carbonyl (C=O) groups is 3. The van der Waals surface area contributed by atoms with Gasteiger partial charge in [0, 0.05) is 24.5 Å². The molecule has 186 valence electrons. The highest BCUT2D eigenvalue weighted by Crippen LogP contribution is 2.25. The molecule has 2 aromatic carbocycles. The minimum atomic E-state index is -1.05. The summed E-state index contributed by atoms with van der Waals surface area (Å²) in [6, 6.07) is 14.8. The van der Waals surface area contributed by atoms with Gasteiger partial charge in [-0.25, -0.2) is 4.79 Å². The van der Waals surface area contributed by atoms with Gasteiger partial charge in [-0.3, -0.25) is 14.5 Å². The predicted molar refractivity (Wildman–Crippen MR) is 136 cm³/mol. The van der Waals surface area contributed by atoms with Gasteiger partial charge in [-0.1, -0.05) is 25.0 Å². The Labute approximate surface area is 206 Å². The third-order valence-corrected chi connectivity index (χ3v) is 6.84. The highest BCUT2D eigenvalue weighted by molar-refractivity contribution is 6.09. The lowest BCUT2D eigenvalue weighted by Gasteiger charge is -2.23. The molecule has 0 radical (unpaired) electrons. The third-order valence-electron chi connectivity index (χ3n) is 6.84. The molecule has 35 heavy (non-hydrogen) atoms. The van der Waals surface area contributed by atoms with Crippen LogP contribution in [0.15, 0.2) is 48.5 Å². The zero-order chi connectivity index (χ0) is 24.8. The molecule has 0 spiro atoms. The molecule has 0 saturated carbocycles. The number of urea groups is 1. The van der Waals surface area contributed by atoms with Crippen molar-refractivity contribution in [3.8, 4) is 5.75 Å². The molecule has 2 N–H and O–H groups in total. The molecule has 8 nitrogen and oxygen atoms in total. The number of nitrogens with one attached hydrogen (secondary N) is 2. The van der Waals surface area contributed by atoms with E-state index in [1.807, 2.05) is 48.5 Å². The van der Waals surface area contributed by atoms with Crippen LogP contribution in [0.5, 0.6) is 5.75 Å². The highest BCUT2D eigenvalue weighted by Gasteiger charge is 2.47. The van der Waals surface area contributed by atoms with E-state index in [0.717, 1.165) is 35.0 Å². The Kier molecular flexibility index (Phi) is 7.58. The summed E-state index contributed by atoms with van der Waals surface area (Å²) in [6.07, 6.45) is 5.98. The number of ether oxygens (including phenoxy) is 1. The minimum Gasteiger partial charge on any atom is -0.497 e. The van der Waals surface area contributed by atoms with Crippen molar-refractivity contribution in [3.05, 3.63) is 54.1 Å². The van der Waals surface area contributed by atoms with Crippen LogP contribution < -0.4 is 20.3 Å². The number of aryl methyl sites for hydroxylation is 1. The van der Waals surface area contributed by atoms with E-state index in [1.54, 1.807) is 14.0 Å². The summed E-state index contributed by atoms with van der Waals surface area (Å²) >= 11 is 0. The average molecular weight is 479 g/mol. The molecule has 0 bridgehead atoms. The molecule has 1 unspecified atom stereocenters. The monoisotopic (exact) mass is 478 g/mol. The highest BCUT2D eigenvalue weighted by atomic mass is 16.5. The summed E-state index contributed by atoms with van der Waals surface area (Å²) in [4.78, 5) is 41.6. The lowest BCUT2D eigenvalue weighted by molar-refractivity contribution is -0.133. The van der Waals surface area contributed by atoms with Crippen molar-refractivity contribution in [2.45, 2.75) is 51.0 Å². The van der Waals surface area contributed by atoms with Crippen LogP contribution in [-0.4, -0.2) is 55.0 Å². The van der Waals surface area contributed by atoms with Crippen LogP contribution in [-0.2, 0) is 16.0 Å². The quantitative estimate of drug-likeness (QED) is 0.561. The maximum Gasteiger partial charge on any atom is 0.325 e. The van der Waals surface area contributed by atoms with Crippen molar-refractivity contribution < 1.29 is 19.1 Å². The van der Waals surface area contributed by atoms with Gasteiger partial charge < -0.3 is 20.3 Å². The van der Waals surface area contributed by atoms with Crippen molar-refractivity contribution >= 4 is 29.2 Å². The van der Waals surface area contributed by atoms with Crippen LogP contribution in [0.2, 0.25) is 0 Å². The fourth-order valence-electron chi connectivity index (χ4n) is 4.68. The zero-order valence-corrected chi connectivity index (χ0v) is 20.5. The standard InChI is InChI=1S/C27H34N4O4/c1-27(16-15-20-7-13-23(35-2)14-8-20)25(33)31(26(34)29-27)19-24(32)28-21-9-11-22(12-10-21)30-17-5-3-4-6-18-30/h7-14H,3-6,15-19H2,1-2H3,(H,28,32)(H,29,34). The molecule has 2 heterocycles. The van der Waals surface area contributed by atoms with Gasteiger partial charge in [-0.2, -0.15) is 0 Å². The van der Waals surface area contributed by atoms with E-state index in [0.29, 0.717) is 18.5 Å². The molecule has 0 aromatic heterocycles. The van der Waals surface area contributed by atoms with E-state index in [2.05, 4.69) is 15.5 Å². The molecular weight excluding hydrogens is 444 g/mol.